The van der Waals surface area contributed by atoms with Crippen molar-refractivity contribution in [1.29, 1.82) is 0 Å². The molecule has 1 aromatic carbocycles. The Kier molecular flexibility index (Phi) is 4.37. The molecule has 1 aliphatic carbocycles. The molecule has 17 heavy (non-hydrogen) atoms. The van der Waals surface area contributed by atoms with Crippen molar-refractivity contribution in [2.24, 2.45) is 11.8 Å². The molecule has 2 rings (SSSR count). The van der Waals surface area contributed by atoms with Gasteiger partial charge in [0, 0.05) is 15.5 Å². The van der Waals surface area contributed by atoms with E-state index in [0.717, 1.165) is 27.0 Å². The molecule has 0 aromatic heterocycles. The highest BCUT2D eigenvalue weighted by molar-refractivity contribution is 9.10. The zero-order valence-corrected chi connectivity index (χ0v) is 12.7. The van der Waals surface area contributed by atoms with Crippen LogP contribution >= 0.6 is 27.5 Å². The van der Waals surface area contributed by atoms with Gasteiger partial charge >= 0.3 is 0 Å². The Balaban J connectivity index is 2.03. The maximum Gasteiger partial charge on any atom is 0.0501 e. The average Bonchev–Trinajstić information content (AvgIpc) is 2.29. The van der Waals surface area contributed by atoms with Gasteiger partial charge in [-0.1, -0.05) is 25.4 Å². The molecule has 94 valence electrons. The maximum absolute atomic E-state index is 6.03. The predicted octanol–water partition coefficient (Wildman–Crippen LogP) is 5.34. The number of halogens is 2. The molecule has 0 bridgehead atoms. The lowest BCUT2D eigenvalue weighted by atomic mass is 9.79. The fraction of sp³-hybridized carbons (Fsp3) is 0.571. The van der Waals surface area contributed by atoms with Crippen LogP contribution in [0.1, 0.15) is 33.1 Å². The van der Waals surface area contributed by atoms with Gasteiger partial charge in [-0.2, -0.15) is 0 Å². The minimum Gasteiger partial charge on any atom is -0.381 e. The van der Waals surface area contributed by atoms with Crippen LogP contribution in [-0.2, 0) is 0 Å². The van der Waals surface area contributed by atoms with Gasteiger partial charge in [0.25, 0.3) is 0 Å². The molecule has 1 fully saturated rings. The Labute approximate surface area is 117 Å². The van der Waals surface area contributed by atoms with Crippen LogP contribution in [0.5, 0.6) is 0 Å². The summed E-state index contributed by atoms with van der Waals surface area (Å²) in [6.07, 6.45) is 3.82. The summed E-state index contributed by atoms with van der Waals surface area (Å²) in [7, 11) is 0. The van der Waals surface area contributed by atoms with E-state index in [9.17, 15) is 0 Å². The van der Waals surface area contributed by atoms with Crippen LogP contribution in [0.4, 0.5) is 5.69 Å². The van der Waals surface area contributed by atoms with E-state index < -0.39 is 0 Å². The number of rotatable bonds is 2. The second-order valence-corrected chi connectivity index (χ2v) is 6.52. The molecule has 0 heterocycles. The summed E-state index contributed by atoms with van der Waals surface area (Å²) >= 11 is 9.59. The fourth-order valence-electron chi connectivity index (χ4n) is 2.51. The molecule has 0 radical (unpaired) electrons. The highest BCUT2D eigenvalue weighted by Gasteiger charge is 2.24. The molecule has 0 spiro atoms. The second kappa shape index (κ2) is 5.62. The average molecular weight is 317 g/mol. The molecular weight excluding hydrogens is 298 g/mol. The number of nitrogens with one attached hydrogen (secondary N) is 1. The molecule has 1 aromatic rings. The highest BCUT2D eigenvalue weighted by Crippen LogP contribution is 2.33. The van der Waals surface area contributed by atoms with E-state index in [1.54, 1.807) is 0 Å². The van der Waals surface area contributed by atoms with Crippen LogP contribution in [0.3, 0.4) is 0 Å². The van der Waals surface area contributed by atoms with Gasteiger partial charge in [-0.15, -0.1) is 0 Å². The number of benzene rings is 1. The third-order valence-electron chi connectivity index (χ3n) is 3.89. The summed E-state index contributed by atoms with van der Waals surface area (Å²) in [5.74, 6) is 1.66. The summed E-state index contributed by atoms with van der Waals surface area (Å²) in [4.78, 5) is 0. The first-order valence-corrected chi connectivity index (χ1v) is 7.45. The van der Waals surface area contributed by atoms with Crippen LogP contribution in [0.25, 0.3) is 0 Å². The normalized spacial score (nSPS) is 29.1. The van der Waals surface area contributed by atoms with E-state index >= 15 is 0 Å². The SMILES string of the molecule is CC1CCC(Nc2cc(Cl)ccc2Br)CC1C. The molecule has 0 aliphatic heterocycles. The van der Waals surface area contributed by atoms with E-state index in [1.807, 2.05) is 18.2 Å². The zero-order chi connectivity index (χ0) is 12.4. The standard InChI is InChI=1S/C14H19BrClN/c1-9-3-5-12(7-10(9)2)17-14-8-11(16)4-6-13(14)15/h4,6,8-10,12,17H,3,5,7H2,1-2H3. The first kappa shape index (κ1) is 13.2. The van der Waals surface area contributed by atoms with Crippen LogP contribution in [-0.4, -0.2) is 6.04 Å². The quantitative estimate of drug-likeness (QED) is 0.776. The molecular formula is C14H19BrClN. The smallest absolute Gasteiger partial charge is 0.0501 e. The third-order valence-corrected chi connectivity index (χ3v) is 4.81. The number of anilines is 1. The minimum atomic E-state index is 0.580. The summed E-state index contributed by atoms with van der Waals surface area (Å²) in [6.45, 7) is 4.71. The lowest BCUT2D eigenvalue weighted by Gasteiger charge is -2.33. The van der Waals surface area contributed by atoms with Gasteiger partial charge in [-0.3, -0.25) is 0 Å². The maximum atomic E-state index is 6.03. The van der Waals surface area contributed by atoms with Gasteiger partial charge < -0.3 is 5.32 Å². The summed E-state index contributed by atoms with van der Waals surface area (Å²) in [5.41, 5.74) is 1.12. The van der Waals surface area contributed by atoms with E-state index in [0.29, 0.717) is 6.04 Å². The first-order chi connectivity index (χ1) is 8.06. The van der Waals surface area contributed by atoms with Gasteiger partial charge in [0.2, 0.25) is 0 Å². The Morgan fingerprint density at radius 2 is 2.00 bits per heavy atom. The molecule has 3 unspecified atom stereocenters. The number of hydrogen-bond donors (Lipinski definition) is 1. The van der Waals surface area contributed by atoms with Gasteiger partial charge in [0.05, 0.1) is 5.69 Å². The van der Waals surface area contributed by atoms with Crippen molar-refractivity contribution in [2.75, 3.05) is 5.32 Å². The summed E-state index contributed by atoms with van der Waals surface area (Å²) in [5, 5.41) is 4.39. The largest absolute Gasteiger partial charge is 0.381 e. The van der Waals surface area contributed by atoms with Gasteiger partial charge in [0.15, 0.2) is 0 Å². The van der Waals surface area contributed by atoms with Crippen LogP contribution in [0, 0.1) is 11.8 Å². The van der Waals surface area contributed by atoms with E-state index in [1.165, 1.54) is 19.3 Å². The van der Waals surface area contributed by atoms with Crippen molar-refractivity contribution in [1.82, 2.24) is 0 Å². The second-order valence-electron chi connectivity index (χ2n) is 5.23. The van der Waals surface area contributed by atoms with Crippen LogP contribution in [0.15, 0.2) is 22.7 Å². The summed E-state index contributed by atoms with van der Waals surface area (Å²) in [6, 6.07) is 6.48. The minimum absolute atomic E-state index is 0.580. The van der Waals surface area contributed by atoms with Crippen molar-refractivity contribution in [2.45, 2.75) is 39.2 Å². The van der Waals surface area contributed by atoms with E-state index in [4.69, 9.17) is 11.6 Å². The Morgan fingerprint density at radius 3 is 2.71 bits per heavy atom. The molecule has 1 aliphatic rings. The van der Waals surface area contributed by atoms with Crippen LogP contribution in [0.2, 0.25) is 5.02 Å². The Hall–Kier alpha value is -0.210. The zero-order valence-electron chi connectivity index (χ0n) is 10.3. The van der Waals surface area contributed by atoms with Crippen molar-refractivity contribution in [3.8, 4) is 0 Å². The Morgan fingerprint density at radius 1 is 1.24 bits per heavy atom. The van der Waals surface area contributed by atoms with E-state index in [2.05, 4.69) is 35.1 Å². The molecule has 3 atom stereocenters. The Bertz CT molecular complexity index is 394. The van der Waals surface area contributed by atoms with Crippen molar-refractivity contribution < 1.29 is 0 Å². The van der Waals surface area contributed by atoms with Gasteiger partial charge in [-0.05, 0) is 65.2 Å². The van der Waals surface area contributed by atoms with Crippen molar-refractivity contribution in [3.05, 3.63) is 27.7 Å². The van der Waals surface area contributed by atoms with Gasteiger partial charge in [-0.25, -0.2) is 0 Å². The molecule has 1 N–H and O–H groups in total. The monoisotopic (exact) mass is 315 g/mol. The highest BCUT2D eigenvalue weighted by atomic mass is 79.9. The number of hydrogen-bond acceptors (Lipinski definition) is 1. The van der Waals surface area contributed by atoms with Gasteiger partial charge in [0.1, 0.15) is 0 Å². The van der Waals surface area contributed by atoms with E-state index in [-0.39, 0.29) is 0 Å². The molecule has 0 amide bonds. The lowest BCUT2D eigenvalue weighted by Crippen LogP contribution is -2.30. The molecule has 0 saturated heterocycles. The molecule has 1 nitrogen and oxygen atoms in total. The van der Waals surface area contributed by atoms with Crippen LogP contribution < -0.4 is 5.32 Å². The molecule has 3 heteroatoms. The first-order valence-electron chi connectivity index (χ1n) is 6.28. The summed E-state index contributed by atoms with van der Waals surface area (Å²) < 4.78 is 1.09. The third kappa shape index (κ3) is 3.38. The van der Waals surface area contributed by atoms with Crippen molar-refractivity contribution in [3.63, 3.8) is 0 Å². The predicted molar refractivity (Wildman–Crippen MR) is 78.7 cm³/mol. The lowest BCUT2D eigenvalue weighted by molar-refractivity contribution is 0.261. The molecule has 1 saturated carbocycles. The fourth-order valence-corrected chi connectivity index (χ4v) is 3.04. The topological polar surface area (TPSA) is 12.0 Å². The van der Waals surface area contributed by atoms with Crippen molar-refractivity contribution >= 4 is 33.2 Å².